The standard InChI is InChI=1S/C22H26N2O/c1-15(2)19-7-6-8-20(16(3)4)21(19)24-14-13-23-22(24)17-9-11-18(25-5)12-10-17/h6-16H,1-5H3. The number of benzene rings is 2. The van der Waals surface area contributed by atoms with E-state index in [0.717, 1.165) is 17.1 Å². The molecule has 0 bridgehead atoms. The fourth-order valence-corrected chi connectivity index (χ4v) is 3.23. The van der Waals surface area contributed by atoms with Crippen LogP contribution in [0.25, 0.3) is 17.1 Å². The van der Waals surface area contributed by atoms with Crippen molar-refractivity contribution in [3.63, 3.8) is 0 Å². The third kappa shape index (κ3) is 3.32. The first-order valence-electron chi connectivity index (χ1n) is 8.84. The molecule has 1 heterocycles. The Labute approximate surface area is 150 Å². The van der Waals surface area contributed by atoms with Crippen molar-refractivity contribution in [1.29, 1.82) is 0 Å². The lowest BCUT2D eigenvalue weighted by atomic mass is 9.92. The summed E-state index contributed by atoms with van der Waals surface area (Å²) in [6.07, 6.45) is 3.94. The van der Waals surface area contributed by atoms with Gasteiger partial charge in [0.2, 0.25) is 0 Å². The van der Waals surface area contributed by atoms with Gasteiger partial charge in [-0.3, -0.25) is 4.57 Å². The molecule has 1 aromatic heterocycles. The molecule has 3 aromatic rings. The molecule has 3 nitrogen and oxygen atoms in total. The second kappa shape index (κ2) is 7.14. The van der Waals surface area contributed by atoms with Gasteiger partial charge in [-0.15, -0.1) is 0 Å². The quantitative estimate of drug-likeness (QED) is 0.590. The molecule has 0 radical (unpaired) electrons. The summed E-state index contributed by atoms with van der Waals surface area (Å²) in [4.78, 5) is 4.64. The van der Waals surface area contributed by atoms with E-state index in [1.165, 1.54) is 16.8 Å². The average Bonchev–Trinajstić information content (AvgIpc) is 3.10. The van der Waals surface area contributed by atoms with Gasteiger partial charge in [-0.1, -0.05) is 45.9 Å². The smallest absolute Gasteiger partial charge is 0.144 e. The van der Waals surface area contributed by atoms with Crippen LogP contribution in [0, 0.1) is 0 Å². The lowest BCUT2D eigenvalue weighted by Gasteiger charge is -2.21. The number of ether oxygens (including phenoxy) is 1. The molecule has 0 aliphatic carbocycles. The monoisotopic (exact) mass is 334 g/mol. The van der Waals surface area contributed by atoms with Crippen molar-refractivity contribution in [2.45, 2.75) is 39.5 Å². The molecule has 25 heavy (non-hydrogen) atoms. The molecular weight excluding hydrogens is 308 g/mol. The Hall–Kier alpha value is -2.55. The molecule has 2 aromatic carbocycles. The van der Waals surface area contributed by atoms with Crippen LogP contribution in [0.1, 0.15) is 50.7 Å². The predicted molar refractivity (Wildman–Crippen MR) is 104 cm³/mol. The average molecular weight is 334 g/mol. The van der Waals surface area contributed by atoms with Gasteiger partial charge in [-0.2, -0.15) is 0 Å². The lowest BCUT2D eigenvalue weighted by Crippen LogP contribution is -2.07. The number of methoxy groups -OCH3 is 1. The van der Waals surface area contributed by atoms with Gasteiger partial charge in [-0.05, 0) is 47.2 Å². The van der Waals surface area contributed by atoms with Gasteiger partial charge >= 0.3 is 0 Å². The molecule has 0 saturated carbocycles. The van der Waals surface area contributed by atoms with Gasteiger partial charge in [0.05, 0.1) is 12.8 Å². The zero-order valence-corrected chi connectivity index (χ0v) is 15.7. The van der Waals surface area contributed by atoms with Crippen LogP contribution in [0.2, 0.25) is 0 Å². The van der Waals surface area contributed by atoms with E-state index in [9.17, 15) is 0 Å². The summed E-state index contributed by atoms with van der Waals surface area (Å²) in [7, 11) is 1.68. The summed E-state index contributed by atoms with van der Waals surface area (Å²) in [5.74, 6) is 2.70. The summed E-state index contributed by atoms with van der Waals surface area (Å²) in [5.41, 5.74) is 5.04. The summed E-state index contributed by atoms with van der Waals surface area (Å²) in [6.45, 7) is 8.97. The second-order valence-electron chi connectivity index (χ2n) is 6.94. The Morgan fingerprint density at radius 3 is 2.00 bits per heavy atom. The van der Waals surface area contributed by atoms with E-state index >= 15 is 0 Å². The first-order valence-corrected chi connectivity index (χ1v) is 8.84. The maximum absolute atomic E-state index is 5.28. The van der Waals surface area contributed by atoms with Crippen LogP contribution in [0.5, 0.6) is 5.75 Å². The molecule has 0 fully saturated rings. The third-order valence-corrected chi connectivity index (χ3v) is 4.57. The molecule has 130 valence electrons. The fraction of sp³-hybridized carbons (Fsp3) is 0.318. The number of imidazole rings is 1. The molecule has 0 N–H and O–H groups in total. The number of hydrogen-bond donors (Lipinski definition) is 0. The first-order chi connectivity index (χ1) is 12.0. The SMILES string of the molecule is COc1ccc(-c2nccn2-c2c(C(C)C)cccc2C(C)C)cc1. The van der Waals surface area contributed by atoms with Gasteiger partial charge in [0.1, 0.15) is 11.6 Å². The number of hydrogen-bond acceptors (Lipinski definition) is 2. The van der Waals surface area contributed by atoms with E-state index in [1.54, 1.807) is 7.11 Å². The van der Waals surface area contributed by atoms with Gasteiger partial charge in [0.25, 0.3) is 0 Å². The number of aromatic nitrogens is 2. The highest BCUT2D eigenvalue weighted by Crippen LogP contribution is 2.34. The third-order valence-electron chi connectivity index (χ3n) is 4.57. The number of para-hydroxylation sites is 1. The zero-order chi connectivity index (χ0) is 18.0. The number of rotatable bonds is 5. The second-order valence-corrected chi connectivity index (χ2v) is 6.94. The van der Waals surface area contributed by atoms with Crippen LogP contribution >= 0.6 is 0 Å². The van der Waals surface area contributed by atoms with Crippen molar-refractivity contribution in [2.75, 3.05) is 7.11 Å². The lowest BCUT2D eigenvalue weighted by molar-refractivity contribution is 0.415. The van der Waals surface area contributed by atoms with Crippen LogP contribution in [-0.2, 0) is 0 Å². The van der Waals surface area contributed by atoms with Gasteiger partial charge < -0.3 is 4.74 Å². The highest BCUT2D eigenvalue weighted by atomic mass is 16.5. The first kappa shape index (κ1) is 17.3. The Bertz CT molecular complexity index is 818. The van der Waals surface area contributed by atoms with Crippen LogP contribution in [0.15, 0.2) is 54.9 Å². The van der Waals surface area contributed by atoms with E-state index in [-0.39, 0.29) is 0 Å². The fourth-order valence-electron chi connectivity index (χ4n) is 3.23. The van der Waals surface area contributed by atoms with Gasteiger partial charge in [-0.25, -0.2) is 4.98 Å². The Morgan fingerprint density at radius 2 is 1.48 bits per heavy atom. The maximum atomic E-state index is 5.28. The van der Waals surface area contributed by atoms with Crippen LogP contribution in [-0.4, -0.2) is 16.7 Å². The van der Waals surface area contributed by atoms with E-state index in [1.807, 2.05) is 18.3 Å². The molecular formula is C22H26N2O. The van der Waals surface area contributed by atoms with Gasteiger partial charge in [0, 0.05) is 18.0 Å². The maximum Gasteiger partial charge on any atom is 0.144 e. The summed E-state index contributed by atoms with van der Waals surface area (Å²) in [6, 6.07) is 14.7. The van der Waals surface area contributed by atoms with Crippen molar-refractivity contribution in [1.82, 2.24) is 9.55 Å². The molecule has 0 aliphatic rings. The zero-order valence-electron chi connectivity index (χ0n) is 15.7. The van der Waals surface area contributed by atoms with Crippen molar-refractivity contribution < 1.29 is 4.74 Å². The molecule has 0 amide bonds. The summed E-state index contributed by atoms with van der Waals surface area (Å²) in [5, 5.41) is 0. The largest absolute Gasteiger partial charge is 0.497 e. The highest BCUT2D eigenvalue weighted by Gasteiger charge is 2.18. The molecule has 0 unspecified atom stereocenters. The van der Waals surface area contributed by atoms with Crippen molar-refractivity contribution in [3.8, 4) is 22.8 Å². The summed E-state index contributed by atoms with van der Waals surface area (Å²) >= 11 is 0. The predicted octanol–water partition coefficient (Wildman–Crippen LogP) is 5.79. The minimum Gasteiger partial charge on any atom is -0.497 e. The van der Waals surface area contributed by atoms with Crippen LogP contribution < -0.4 is 4.74 Å². The van der Waals surface area contributed by atoms with Crippen molar-refractivity contribution >= 4 is 0 Å². The normalized spacial score (nSPS) is 11.3. The Morgan fingerprint density at radius 1 is 0.880 bits per heavy atom. The number of nitrogens with zero attached hydrogens (tertiary/aromatic N) is 2. The minimum atomic E-state index is 0.444. The molecule has 0 spiro atoms. The van der Waals surface area contributed by atoms with E-state index in [0.29, 0.717) is 11.8 Å². The topological polar surface area (TPSA) is 27.1 Å². The van der Waals surface area contributed by atoms with E-state index in [4.69, 9.17) is 4.74 Å². The van der Waals surface area contributed by atoms with Gasteiger partial charge in [0.15, 0.2) is 0 Å². The minimum absolute atomic E-state index is 0.444. The Balaban J connectivity index is 2.20. The molecule has 0 aliphatic heterocycles. The molecule has 0 atom stereocenters. The van der Waals surface area contributed by atoms with Crippen molar-refractivity contribution in [3.05, 3.63) is 66.0 Å². The van der Waals surface area contributed by atoms with Crippen molar-refractivity contribution in [2.24, 2.45) is 0 Å². The molecule has 0 saturated heterocycles. The highest BCUT2D eigenvalue weighted by molar-refractivity contribution is 5.63. The van der Waals surface area contributed by atoms with Crippen LogP contribution in [0.4, 0.5) is 0 Å². The molecule has 3 heteroatoms. The van der Waals surface area contributed by atoms with Crippen LogP contribution in [0.3, 0.4) is 0 Å². The summed E-state index contributed by atoms with van der Waals surface area (Å²) < 4.78 is 7.50. The van der Waals surface area contributed by atoms with E-state index in [2.05, 4.69) is 73.8 Å². The molecule has 3 rings (SSSR count). The Kier molecular flexibility index (Phi) is 4.93. The van der Waals surface area contributed by atoms with E-state index < -0.39 is 0 Å².